The summed E-state index contributed by atoms with van der Waals surface area (Å²) in [5.41, 5.74) is 2.14. The third-order valence-corrected chi connectivity index (χ3v) is 3.46. The van der Waals surface area contributed by atoms with Gasteiger partial charge in [0.15, 0.2) is 0 Å². The van der Waals surface area contributed by atoms with Crippen molar-refractivity contribution in [2.75, 3.05) is 5.88 Å². The molecule has 0 amide bonds. The number of imidazole rings is 2. The van der Waals surface area contributed by atoms with Crippen molar-refractivity contribution >= 4 is 22.6 Å². The second kappa shape index (κ2) is 5.05. The van der Waals surface area contributed by atoms with E-state index in [-0.39, 0.29) is 0 Å². The Balaban J connectivity index is 2.09. The van der Waals surface area contributed by atoms with Gasteiger partial charge in [-0.25, -0.2) is 9.97 Å². The standard InChI is InChI=1S/C14H15ClN4/c1-18-9-8-16-14(18)10-19-12-5-3-2-4-11(12)17-13(19)6-7-15/h2-5,8-9H,6-7,10H2,1H3. The zero-order valence-corrected chi connectivity index (χ0v) is 11.5. The zero-order valence-electron chi connectivity index (χ0n) is 10.8. The Labute approximate surface area is 116 Å². The van der Waals surface area contributed by atoms with E-state index >= 15 is 0 Å². The number of benzene rings is 1. The molecule has 0 saturated carbocycles. The number of para-hydroxylation sites is 2. The number of alkyl halides is 1. The highest BCUT2D eigenvalue weighted by Gasteiger charge is 2.11. The lowest BCUT2D eigenvalue weighted by Crippen LogP contribution is -2.09. The predicted molar refractivity (Wildman–Crippen MR) is 76.5 cm³/mol. The Hall–Kier alpha value is -1.81. The minimum atomic E-state index is 0.573. The Morgan fingerprint density at radius 1 is 1.21 bits per heavy atom. The van der Waals surface area contributed by atoms with Crippen molar-refractivity contribution in [3.8, 4) is 0 Å². The molecule has 0 radical (unpaired) electrons. The number of fused-ring (bicyclic) bond motifs is 1. The first-order chi connectivity index (χ1) is 9.29. The van der Waals surface area contributed by atoms with Gasteiger partial charge in [0.25, 0.3) is 0 Å². The van der Waals surface area contributed by atoms with Gasteiger partial charge >= 0.3 is 0 Å². The summed E-state index contributed by atoms with van der Waals surface area (Å²) in [6.07, 6.45) is 4.53. The molecule has 4 nitrogen and oxygen atoms in total. The number of halogens is 1. The van der Waals surface area contributed by atoms with Crippen molar-refractivity contribution in [1.82, 2.24) is 19.1 Å². The Morgan fingerprint density at radius 2 is 2.05 bits per heavy atom. The Kier molecular flexibility index (Phi) is 3.25. The number of rotatable bonds is 4. The second-order valence-corrected chi connectivity index (χ2v) is 4.87. The van der Waals surface area contributed by atoms with Crippen LogP contribution < -0.4 is 0 Å². The maximum atomic E-state index is 5.87. The van der Waals surface area contributed by atoms with Crippen LogP contribution in [0.25, 0.3) is 11.0 Å². The lowest BCUT2D eigenvalue weighted by Gasteiger charge is -2.08. The van der Waals surface area contributed by atoms with E-state index in [2.05, 4.69) is 20.6 Å². The van der Waals surface area contributed by atoms with Gasteiger partial charge in [-0.15, -0.1) is 11.6 Å². The molecule has 2 heterocycles. The first kappa shape index (κ1) is 12.2. The third-order valence-electron chi connectivity index (χ3n) is 3.27. The SMILES string of the molecule is Cn1ccnc1Cn1c(CCCl)nc2ccccc21. The summed E-state index contributed by atoms with van der Waals surface area (Å²) in [6.45, 7) is 0.718. The fourth-order valence-corrected chi connectivity index (χ4v) is 2.44. The van der Waals surface area contributed by atoms with Gasteiger partial charge in [0, 0.05) is 31.7 Å². The highest BCUT2D eigenvalue weighted by atomic mass is 35.5. The van der Waals surface area contributed by atoms with E-state index in [1.54, 1.807) is 0 Å². The van der Waals surface area contributed by atoms with Crippen LogP contribution in [0.3, 0.4) is 0 Å². The molecule has 3 aromatic rings. The van der Waals surface area contributed by atoms with Gasteiger partial charge in [0.1, 0.15) is 11.6 Å². The smallest absolute Gasteiger partial charge is 0.128 e. The third kappa shape index (κ3) is 2.24. The Bertz CT molecular complexity index is 698. The minimum absolute atomic E-state index is 0.573. The molecule has 98 valence electrons. The van der Waals surface area contributed by atoms with Gasteiger partial charge in [0.2, 0.25) is 0 Å². The van der Waals surface area contributed by atoms with Gasteiger partial charge in [-0.1, -0.05) is 12.1 Å². The summed E-state index contributed by atoms with van der Waals surface area (Å²) in [5, 5.41) is 0. The molecule has 0 aliphatic carbocycles. The van der Waals surface area contributed by atoms with Gasteiger partial charge in [-0.2, -0.15) is 0 Å². The van der Waals surface area contributed by atoms with Crippen LogP contribution in [0.1, 0.15) is 11.6 Å². The molecule has 3 rings (SSSR count). The van der Waals surface area contributed by atoms with Crippen molar-refractivity contribution in [2.24, 2.45) is 7.05 Å². The molecule has 19 heavy (non-hydrogen) atoms. The van der Waals surface area contributed by atoms with Crippen molar-refractivity contribution in [2.45, 2.75) is 13.0 Å². The van der Waals surface area contributed by atoms with Crippen LogP contribution in [0.2, 0.25) is 0 Å². The molecule has 0 atom stereocenters. The van der Waals surface area contributed by atoms with Crippen LogP contribution >= 0.6 is 11.6 Å². The summed E-state index contributed by atoms with van der Waals surface area (Å²) in [7, 11) is 2.00. The van der Waals surface area contributed by atoms with Gasteiger partial charge in [0.05, 0.1) is 17.6 Å². The molecule has 5 heteroatoms. The largest absolute Gasteiger partial charge is 0.337 e. The lowest BCUT2D eigenvalue weighted by molar-refractivity contribution is 0.682. The van der Waals surface area contributed by atoms with Crippen molar-refractivity contribution < 1.29 is 0 Å². The molecular weight excluding hydrogens is 260 g/mol. The average molecular weight is 275 g/mol. The highest BCUT2D eigenvalue weighted by Crippen LogP contribution is 2.18. The second-order valence-electron chi connectivity index (χ2n) is 4.50. The van der Waals surface area contributed by atoms with E-state index in [4.69, 9.17) is 11.6 Å². The summed E-state index contributed by atoms with van der Waals surface area (Å²) >= 11 is 5.87. The van der Waals surface area contributed by atoms with E-state index in [1.807, 2.05) is 42.2 Å². The fraction of sp³-hybridized carbons (Fsp3) is 0.286. The first-order valence-corrected chi connectivity index (χ1v) is 6.79. The maximum Gasteiger partial charge on any atom is 0.128 e. The molecule has 0 bridgehead atoms. The summed E-state index contributed by atoms with van der Waals surface area (Å²) in [6, 6.07) is 8.15. The minimum Gasteiger partial charge on any atom is -0.337 e. The summed E-state index contributed by atoms with van der Waals surface area (Å²) in [4.78, 5) is 9.03. The van der Waals surface area contributed by atoms with Crippen molar-refractivity contribution in [1.29, 1.82) is 0 Å². The molecule has 0 aliphatic rings. The van der Waals surface area contributed by atoms with E-state index in [9.17, 15) is 0 Å². The summed E-state index contributed by atoms with van der Waals surface area (Å²) < 4.78 is 4.22. The van der Waals surface area contributed by atoms with Crippen molar-refractivity contribution in [3.05, 3.63) is 48.3 Å². The number of hydrogen-bond acceptors (Lipinski definition) is 2. The molecule has 0 saturated heterocycles. The van der Waals surface area contributed by atoms with E-state index in [0.717, 1.165) is 35.6 Å². The van der Waals surface area contributed by atoms with Gasteiger partial charge < -0.3 is 9.13 Å². The number of aryl methyl sites for hydroxylation is 2. The topological polar surface area (TPSA) is 35.6 Å². The first-order valence-electron chi connectivity index (χ1n) is 6.26. The van der Waals surface area contributed by atoms with Crippen LogP contribution in [-0.2, 0) is 20.0 Å². The van der Waals surface area contributed by atoms with E-state index in [0.29, 0.717) is 5.88 Å². The number of nitrogens with zero attached hydrogens (tertiary/aromatic N) is 4. The van der Waals surface area contributed by atoms with Crippen LogP contribution in [0.4, 0.5) is 0 Å². The summed E-state index contributed by atoms with van der Waals surface area (Å²) in [5.74, 6) is 2.60. The molecule has 2 aromatic heterocycles. The van der Waals surface area contributed by atoms with Crippen LogP contribution in [-0.4, -0.2) is 25.0 Å². The average Bonchev–Trinajstić information content (AvgIpc) is 2.96. The van der Waals surface area contributed by atoms with Crippen molar-refractivity contribution in [3.63, 3.8) is 0 Å². The van der Waals surface area contributed by atoms with Gasteiger partial charge in [-0.05, 0) is 12.1 Å². The number of hydrogen-bond donors (Lipinski definition) is 0. The molecule has 0 unspecified atom stereocenters. The van der Waals surface area contributed by atoms with Crippen LogP contribution in [0.15, 0.2) is 36.7 Å². The maximum absolute atomic E-state index is 5.87. The molecule has 0 aliphatic heterocycles. The van der Waals surface area contributed by atoms with Crippen LogP contribution in [0, 0.1) is 0 Å². The normalized spacial score (nSPS) is 11.3. The number of aromatic nitrogens is 4. The van der Waals surface area contributed by atoms with E-state index < -0.39 is 0 Å². The predicted octanol–water partition coefficient (Wildman–Crippen LogP) is 2.60. The quantitative estimate of drug-likeness (QED) is 0.686. The molecule has 0 N–H and O–H groups in total. The van der Waals surface area contributed by atoms with Crippen LogP contribution in [0.5, 0.6) is 0 Å². The Morgan fingerprint density at radius 3 is 2.79 bits per heavy atom. The molecule has 1 aromatic carbocycles. The monoisotopic (exact) mass is 274 g/mol. The highest BCUT2D eigenvalue weighted by molar-refractivity contribution is 6.17. The fourth-order valence-electron chi connectivity index (χ4n) is 2.27. The molecular formula is C14H15ClN4. The van der Waals surface area contributed by atoms with Gasteiger partial charge in [-0.3, -0.25) is 0 Å². The van der Waals surface area contributed by atoms with E-state index in [1.165, 1.54) is 0 Å². The molecule has 0 fully saturated rings. The zero-order chi connectivity index (χ0) is 13.2. The lowest BCUT2D eigenvalue weighted by atomic mass is 10.3. The molecule has 0 spiro atoms.